The van der Waals surface area contributed by atoms with E-state index < -0.39 is 0 Å². The maximum Gasteiger partial charge on any atom is 0.223 e. The molecule has 5 nitrogen and oxygen atoms in total. The van der Waals surface area contributed by atoms with E-state index in [1.54, 1.807) is 12.1 Å². The van der Waals surface area contributed by atoms with Crippen molar-refractivity contribution in [1.82, 2.24) is 4.90 Å². The van der Waals surface area contributed by atoms with Gasteiger partial charge in [-0.05, 0) is 62.2 Å². The second kappa shape index (κ2) is 10.1. The molecular weight excluding hydrogens is 371 g/mol. The quantitative estimate of drug-likeness (QED) is 0.674. The molecule has 0 saturated carbocycles. The number of piperazine rings is 1. The fourth-order valence-electron chi connectivity index (χ4n) is 3.53. The first kappa shape index (κ1) is 21.0. The summed E-state index contributed by atoms with van der Waals surface area (Å²) in [5.41, 5.74) is 2.06. The molecular formula is C23H29FN2O3. The molecule has 1 heterocycles. The van der Waals surface area contributed by atoms with Crippen LogP contribution in [0.5, 0.6) is 11.5 Å². The fourth-order valence-corrected chi connectivity index (χ4v) is 3.53. The predicted octanol–water partition coefficient (Wildman–Crippen LogP) is 3.90. The molecule has 3 rings (SSSR count). The SMILES string of the molecule is CCOc1ccc(CCC(=O)N2CCN(c3ccc(F)cc3)CC2)cc1OCC. The van der Waals surface area contributed by atoms with Gasteiger partial charge in [-0.3, -0.25) is 4.79 Å². The number of nitrogens with zero attached hydrogens (tertiary/aromatic N) is 2. The Balaban J connectivity index is 1.51. The van der Waals surface area contributed by atoms with Gasteiger partial charge in [-0.25, -0.2) is 4.39 Å². The van der Waals surface area contributed by atoms with Gasteiger partial charge in [0.25, 0.3) is 0 Å². The third kappa shape index (κ3) is 5.62. The van der Waals surface area contributed by atoms with Crippen molar-refractivity contribution < 1.29 is 18.7 Å². The van der Waals surface area contributed by atoms with Crippen LogP contribution >= 0.6 is 0 Å². The minimum absolute atomic E-state index is 0.163. The minimum Gasteiger partial charge on any atom is -0.490 e. The Labute approximate surface area is 172 Å². The van der Waals surface area contributed by atoms with Crippen molar-refractivity contribution in [2.24, 2.45) is 0 Å². The number of aryl methyl sites for hydroxylation is 1. The zero-order valence-corrected chi connectivity index (χ0v) is 17.2. The molecule has 0 unspecified atom stereocenters. The van der Waals surface area contributed by atoms with Gasteiger partial charge < -0.3 is 19.3 Å². The van der Waals surface area contributed by atoms with E-state index in [4.69, 9.17) is 9.47 Å². The Morgan fingerprint density at radius 2 is 1.59 bits per heavy atom. The van der Waals surface area contributed by atoms with E-state index in [0.717, 1.165) is 35.8 Å². The van der Waals surface area contributed by atoms with Gasteiger partial charge in [0.15, 0.2) is 11.5 Å². The van der Waals surface area contributed by atoms with Gasteiger partial charge in [-0.2, -0.15) is 0 Å². The monoisotopic (exact) mass is 400 g/mol. The molecule has 0 aliphatic carbocycles. The van der Waals surface area contributed by atoms with Crippen molar-refractivity contribution in [1.29, 1.82) is 0 Å². The van der Waals surface area contributed by atoms with Crippen LogP contribution in [0, 0.1) is 5.82 Å². The molecule has 1 saturated heterocycles. The molecule has 0 N–H and O–H groups in total. The van der Waals surface area contributed by atoms with Crippen molar-refractivity contribution in [3.05, 3.63) is 53.8 Å². The first-order valence-electron chi connectivity index (χ1n) is 10.3. The van der Waals surface area contributed by atoms with Gasteiger partial charge in [0, 0.05) is 38.3 Å². The van der Waals surface area contributed by atoms with Crippen molar-refractivity contribution in [3.63, 3.8) is 0 Å². The van der Waals surface area contributed by atoms with Crippen molar-refractivity contribution in [3.8, 4) is 11.5 Å². The Hall–Kier alpha value is -2.76. The number of carbonyl (C=O) groups excluding carboxylic acids is 1. The van der Waals surface area contributed by atoms with Crippen LogP contribution in [0.4, 0.5) is 10.1 Å². The van der Waals surface area contributed by atoms with E-state index in [1.165, 1.54) is 12.1 Å². The molecule has 0 aromatic heterocycles. The number of hydrogen-bond donors (Lipinski definition) is 0. The summed E-state index contributed by atoms with van der Waals surface area (Å²) >= 11 is 0. The van der Waals surface area contributed by atoms with Gasteiger partial charge in [0.2, 0.25) is 5.91 Å². The molecule has 0 bridgehead atoms. The highest BCUT2D eigenvalue weighted by Crippen LogP contribution is 2.29. The van der Waals surface area contributed by atoms with Crippen LogP contribution in [-0.4, -0.2) is 50.2 Å². The molecule has 1 amide bonds. The lowest BCUT2D eigenvalue weighted by atomic mass is 10.1. The largest absolute Gasteiger partial charge is 0.490 e. The van der Waals surface area contributed by atoms with Gasteiger partial charge in [-0.1, -0.05) is 6.07 Å². The summed E-state index contributed by atoms with van der Waals surface area (Å²) in [6, 6.07) is 12.4. The number of amides is 1. The summed E-state index contributed by atoms with van der Waals surface area (Å²) < 4.78 is 24.3. The highest BCUT2D eigenvalue weighted by atomic mass is 19.1. The molecule has 1 aliphatic heterocycles. The van der Waals surface area contributed by atoms with Crippen LogP contribution in [0.3, 0.4) is 0 Å². The normalized spacial score (nSPS) is 14.0. The summed E-state index contributed by atoms with van der Waals surface area (Å²) in [7, 11) is 0. The van der Waals surface area contributed by atoms with Crippen molar-refractivity contribution in [2.45, 2.75) is 26.7 Å². The zero-order valence-electron chi connectivity index (χ0n) is 17.2. The number of halogens is 1. The van der Waals surface area contributed by atoms with Crippen LogP contribution < -0.4 is 14.4 Å². The Bertz CT molecular complexity index is 802. The summed E-state index contributed by atoms with van der Waals surface area (Å²) in [4.78, 5) is 16.7. The van der Waals surface area contributed by atoms with Crippen LogP contribution in [0.1, 0.15) is 25.8 Å². The average molecular weight is 400 g/mol. The second-order valence-electron chi connectivity index (χ2n) is 6.99. The van der Waals surface area contributed by atoms with Crippen LogP contribution in [-0.2, 0) is 11.2 Å². The van der Waals surface area contributed by atoms with E-state index in [9.17, 15) is 9.18 Å². The average Bonchev–Trinajstić information content (AvgIpc) is 2.74. The van der Waals surface area contributed by atoms with Crippen LogP contribution in [0.25, 0.3) is 0 Å². The number of rotatable bonds is 8. The third-order valence-corrected chi connectivity index (χ3v) is 5.06. The first-order chi connectivity index (χ1) is 14.1. The number of benzene rings is 2. The second-order valence-corrected chi connectivity index (χ2v) is 6.99. The van der Waals surface area contributed by atoms with E-state index in [1.807, 2.05) is 36.9 Å². The number of hydrogen-bond acceptors (Lipinski definition) is 4. The highest BCUT2D eigenvalue weighted by molar-refractivity contribution is 5.77. The van der Waals surface area contributed by atoms with E-state index in [2.05, 4.69) is 4.90 Å². The van der Waals surface area contributed by atoms with E-state index in [0.29, 0.717) is 39.1 Å². The topological polar surface area (TPSA) is 42.0 Å². The van der Waals surface area contributed by atoms with E-state index >= 15 is 0 Å². The van der Waals surface area contributed by atoms with Crippen molar-refractivity contribution >= 4 is 11.6 Å². The standard InChI is InChI=1S/C23H29FN2O3/c1-3-28-21-11-5-18(17-22(21)29-4-2)6-12-23(27)26-15-13-25(14-16-26)20-9-7-19(24)8-10-20/h5,7-11,17H,3-4,6,12-16H2,1-2H3. The molecule has 1 fully saturated rings. The predicted molar refractivity (Wildman–Crippen MR) is 112 cm³/mol. The summed E-state index contributed by atoms with van der Waals surface area (Å²) in [5, 5.41) is 0. The fraction of sp³-hybridized carbons (Fsp3) is 0.435. The van der Waals surface area contributed by atoms with Gasteiger partial charge in [0.05, 0.1) is 13.2 Å². The summed E-state index contributed by atoms with van der Waals surface area (Å²) in [5.74, 6) is 1.40. The van der Waals surface area contributed by atoms with Crippen molar-refractivity contribution in [2.75, 3.05) is 44.3 Å². The lowest BCUT2D eigenvalue weighted by Gasteiger charge is -2.36. The molecule has 2 aromatic rings. The highest BCUT2D eigenvalue weighted by Gasteiger charge is 2.21. The lowest BCUT2D eigenvalue weighted by Crippen LogP contribution is -2.48. The molecule has 6 heteroatoms. The summed E-state index contributed by atoms with van der Waals surface area (Å²) in [6.45, 7) is 7.93. The molecule has 156 valence electrons. The molecule has 0 spiro atoms. The smallest absolute Gasteiger partial charge is 0.223 e. The Kier molecular flexibility index (Phi) is 7.33. The maximum absolute atomic E-state index is 13.1. The molecule has 0 atom stereocenters. The van der Waals surface area contributed by atoms with E-state index in [-0.39, 0.29) is 11.7 Å². The maximum atomic E-state index is 13.1. The lowest BCUT2D eigenvalue weighted by molar-refractivity contribution is -0.131. The van der Waals surface area contributed by atoms with Gasteiger partial charge >= 0.3 is 0 Å². The summed E-state index contributed by atoms with van der Waals surface area (Å²) in [6.07, 6.45) is 1.14. The third-order valence-electron chi connectivity index (χ3n) is 5.06. The molecule has 29 heavy (non-hydrogen) atoms. The molecule has 0 radical (unpaired) electrons. The molecule has 1 aliphatic rings. The number of carbonyl (C=O) groups is 1. The first-order valence-corrected chi connectivity index (χ1v) is 10.3. The Morgan fingerprint density at radius 1 is 0.931 bits per heavy atom. The number of anilines is 1. The van der Waals surface area contributed by atoms with Crippen LogP contribution in [0.15, 0.2) is 42.5 Å². The minimum atomic E-state index is -0.232. The molecule has 2 aromatic carbocycles. The van der Waals surface area contributed by atoms with Crippen LogP contribution in [0.2, 0.25) is 0 Å². The van der Waals surface area contributed by atoms with Gasteiger partial charge in [0.1, 0.15) is 5.82 Å². The van der Waals surface area contributed by atoms with Gasteiger partial charge in [-0.15, -0.1) is 0 Å². The zero-order chi connectivity index (χ0) is 20.6. The number of ether oxygens (including phenoxy) is 2. The Morgan fingerprint density at radius 3 is 2.24 bits per heavy atom.